The van der Waals surface area contributed by atoms with Crippen molar-refractivity contribution in [1.82, 2.24) is 25.0 Å². The van der Waals surface area contributed by atoms with Crippen LogP contribution in [0.3, 0.4) is 0 Å². The zero-order valence-corrected chi connectivity index (χ0v) is 10.4. The van der Waals surface area contributed by atoms with Crippen molar-refractivity contribution < 1.29 is 4.74 Å². The van der Waals surface area contributed by atoms with Crippen molar-refractivity contribution >= 4 is 0 Å². The third-order valence-corrected chi connectivity index (χ3v) is 3.03. The molecule has 0 spiro atoms. The maximum absolute atomic E-state index is 5.08. The number of nitrogens with zero attached hydrogens (tertiary/aromatic N) is 4. The predicted molar refractivity (Wildman–Crippen MR) is 64.7 cm³/mol. The van der Waals surface area contributed by atoms with Gasteiger partial charge < -0.3 is 14.6 Å². The fraction of sp³-hybridized carbons (Fsp3) is 0.818. The molecule has 17 heavy (non-hydrogen) atoms. The Morgan fingerprint density at radius 3 is 3.24 bits per heavy atom. The summed E-state index contributed by atoms with van der Waals surface area (Å²) in [4.78, 5) is 2.42. The molecule has 0 amide bonds. The Hall–Kier alpha value is -0.980. The van der Waals surface area contributed by atoms with Crippen molar-refractivity contribution in [2.75, 3.05) is 39.9 Å². The zero-order valence-electron chi connectivity index (χ0n) is 10.4. The second-order valence-electron chi connectivity index (χ2n) is 4.31. The van der Waals surface area contributed by atoms with Gasteiger partial charge in [0, 0.05) is 26.7 Å². The lowest BCUT2D eigenvalue weighted by Crippen LogP contribution is -2.29. The van der Waals surface area contributed by atoms with E-state index in [9.17, 15) is 0 Å². The summed E-state index contributed by atoms with van der Waals surface area (Å²) in [6.07, 6.45) is 2.98. The van der Waals surface area contributed by atoms with Gasteiger partial charge >= 0.3 is 0 Å². The van der Waals surface area contributed by atoms with Crippen LogP contribution in [0.4, 0.5) is 0 Å². The second-order valence-corrected chi connectivity index (χ2v) is 4.31. The first-order chi connectivity index (χ1) is 8.40. The molecule has 1 aromatic rings. The lowest BCUT2D eigenvalue weighted by molar-refractivity contribution is 0.184. The van der Waals surface area contributed by atoms with Crippen molar-refractivity contribution in [3.05, 3.63) is 12.2 Å². The number of ether oxygens (including phenoxy) is 1. The van der Waals surface area contributed by atoms with Gasteiger partial charge in [0.25, 0.3) is 0 Å². The molecule has 1 aromatic heterocycles. The van der Waals surface area contributed by atoms with Crippen molar-refractivity contribution in [2.24, 2.45) is 0 Å². The monoisotopic (exact) mass is 239 g/mol. The Morgan fingerprint density at radius 1 is 1.41 bits per heavy atom. The first kappa shape index (κ1) is 12.5. The lowest BCUT2D eigenvalue weighted by atomic mass is 10.4. The van der Waals surface area contributed by atoms with Crippen LogP contribution in [-0.2, 0) is 17.8 Å². The number of aromatic nitrogens is 3. The SMILES string of the molecule is COCCn1cnnc1CN1CCCNCC1. The molecule has 0 bridgehead atoms. The molecule has 1 saturated heterocycles. The highest BCUT2D eigenvalue weighted by Crippen LogP contribution is 2.04. The molecule has 0 atom stereocenters. The Bertz CT molecular complexity index is 319. The standard InChI is InChI=1S/C11H21N5O/c1-17-8-7-16-10-13-14-11(16)9-15-5-2-3-12-4-6-15/h10,12H,2-9H2,1H3. The van der Waals surface area contributed by atoms with Gasteiger partial charge in [0.05, 0.1) is 13.2 Å². The Balaban J connectivity index is 1.90. The molecule has 6 nitrogen and oxygen atoms in total. The lowest BCUT2D eigenvalue weighted by Gasteiger charge is -2.18. The summed E-state index contributed by atoms with van der Waals surface area (Å²) in [5, 5.41) is 11.6. The molecule has 1 aliphatic rings. The first-order valence-electron chi connectivity index (χ1n) is 6.19. The largest absolute Gasteiger partial charge is 0.383 e. The van der Waals surface area contributed by atoms with Crippen LogP contribution in [0.1, 0.15) is 12.2 Å². The van der Waals surface area contributed by atoms with Crippen LogP contribution in [0.25, 0.3) is 0 Å². The zero-order chi connectivity index (χ0) is 11.9. The minimum absolute atomic E-state index is 0.701. The van der Waals surface area contributed by atoms with E-state index in [0.29, 0.717) is 6.61 Å². The van der Waals surface area contributed by atoms with Gasteiger partial charge in [0.2, 0.25) is 0 Å². The summed E-state index contributed by atoms with van der Waals surface area (Å²) >= 11 is 0. The number of rotatable bonds is 5. The van der Waals surface area contributed by atoms with E-state index in [1.54, 1.807) is 13.4 Å². The Kier molecular flexibility index (Phi) is 4.90. The predicted octanol–water partition coefficient (Wildman–Crippen LogP) is -0.280. The maximum Gasteiger partial charge on any atom is 0.147 e. The smallest absolute Gasteiger partial charge is 0.147 e. The number of nitrogens with one attached hydrogen (secondary N) is 1. The van der Waals surface area contributed by atoms with Gasteiger partial charge in [-0.2, -0.15) is 0 Å². The van der Waals surface area contributed by atoms with Crippen LogP contribution in [0.15, 0.2) is 6.33 Å². The summed E-state index contributed by atoms with van der Waals surface area (Å²) in [5.74, 6) is 1.03. The van der Waals surface area contributed by atoms with E-state index in [2.05, 4.69) is 25.0 Å². The summed E-state index contributed by atoms with van der Waals surface area (Å²) < 4.78 is 7.15. The van der Waals surface area contributed by atoms with Gasteiger partial charge in [-0.05, 0) is 19.5 Å². The van der Waals surface area contributed by atoms with Crippen molar-refractivity contribution in [2.45, 2.75) is 19.5 Å². The fourth-order valence-electron chi connectivity index (χ4n) is 2.04. The Labute approximate surface area is 102 Å². The van der Waals surface area contributed by atoms with E-state index in [-0.39, 0.29) is 0 Å². The average Bonchev–Trinajstić information content (AvgIpc) is 2.61. The highest BCUT2D eigenvalue weighted by Gasteiger charge is 2.12. The van der Waals surface area contributed by atoms with E-state index in [1.807, 2.05) is 0 Å². The Morgan fingerprint density at radius 2 is 2.35 bits per heavy atom. The van der Waals surface area contributed by atoms with Crippen molar-refractivity contribution in [3.8, 4) is 0 Å². The van der Waals surface area contributed by atoms with Crippen molar-refractivity contribution in [3.63, 3.8) is 0 Å². The van der Waals surface area contributed by atoms with Gasteiger partial charge in [0.15, 0.2) is 0 Å². The molecule has 96 valence electrons. The normalized spacial score (nSPS) is 18.2. The van der Waals surface area contributed by atoms with Crippen LogP contribution in [-0.4, -0.2) is 59.6 Å². The minimum Gasteiger partial charge on any atom is -0.383 e. The molecule has 1 N–H and O–H groups in total. The highest BCUT2D eigenvalue weighted by molar-refractivity contribution is 4.86. The van der Waals surface area contributed by atoms with Gasteiger partial charge in [0.1, 0.15) is 12.2 Å². The molecular formula is C11H21N5O. The number of hydrogen-bond acceptors (Lipinski definition) is 5. The molecule has 1 aliphatic heterocycles. The second kappa shape index (κ2) is 6.68. The number of hydrogen-bond donors (Lipinski definition) is 1. The summed E-state index contributed by atoms with van der Waals surface area (Å²) in [6.45, 7) is 6.79. The third-order valence-electron chi connectivity index (χ3n) is 3.03. The molecule has 0 aromatic carbocycles. The molecule has 0 aliphatic carbocycles. The topological polar surface area (TPSA) is 55.2 Å². The fourth-order valence-corrected chi connectivity index (χ4v) is 2.04. The van der Waals surface area contributed by atoms with Crippen molar-refractivity contribution in [1.29, 1.82) is 0 Å². The molecule has 0 radical (unpaired) electrons. The van der Waals surface area contributed by atoms with Crippen LogP contribution in [0.2, 0.25) is 0 Å². The van der Waals surface area contributed by atoms with Gasteiger partial charge in [-0.3, -0.25) is 4.90 Å². The van der Waals surface area contributed by atoms with E-state index in [1.165, 1.54) is 6.42 Å². The molecule has 0 unspecified atom stereocenters. The van der Waals surface area contributed by atoms with Gasteiger partial charge in [-0.15, -0.1) is 10.2 Å². The third kappa shape index (κ3) is 3.76. The molecule has 0 saturated carbocycles. The molecular weight excluding hydrogens is 218 g/mol. The number of methoxy groups -OCH3 is 1. The summed E-state index contributed by atoms with van der Waals surface area (Å²) in [6, 6.07) is 0. The molecule has 6 heteroatoms. The molecule has 2 heterocycles. The molecule has 2 rings (SSSR count). The maximum atomic E-state index is 5.08. The van der Waals surface area contributed by atoms with Gasteiger partial charge in [-0.1, -0.05) is 0 Å². The van der Waals surface area contributed by atoms with Gasteiger partial charge in [-0.25, -0.2) is 0 Å². The average molecular weight is 239 g/mol. The van der Waals surface area contributed by atoms with E-state index in [0.717, 1.165) is 45.1 Å². The minimum atomic E-state index is 0.701. The van der Waals surface area contributed by atoms with Crippen LogP contribution in [0.5, 0.6) is 0 Å². The molecule has 1 fully saturated rings. The van der Waals surface area contributed by atoms with E-state index in [4.69, 9.17) is 4.74 Å². The highest BCUT2D eigenvalue weighted by atomic mass is 16.5. The summed E-state index contributed by atoms with van der Waals surface area (Å²) in [5.41, 5.74) is 0. The quantitative estimate of drug-likeness (QED) is 0.766. The van der Waals surface area contributed by atoms with Crippen LogP contribution >= 0.6 is 0 Å². The van der Waals surface area contributed by atoms with Crippen LogP contribution < -0.4 is 5.32 Å². The first-order valence-corrected chi connectivity index (χ1v) is 6.19. The van der Waals surface area contributed by atoms with Crippen LogP contribution in [0, 0.1) is 0 Å². The van der Waals surface area contributed by atoms with E-state index < -0.39 is 0 Å². The van der Waals surface area contributed by atoms with E-state index >= 15 is 0 Å². The summed E-state index contributed by atoms with van der Waals surface area (Å²) in [7, 11) is 1.71.